The zero-order chi connectivity index (χ0) is 17.5. The van der Waals surface area contributed by atoms with E-state index in [1.165, 1.54) is 18.5 Å². The second-order valence-corrected chi connectivity index (χ2v) is 5.31. The van der Waals surface area contributed by atoms with Gasteiger partial charge < -0.3 is 10.6 Å². The van der Waals surface area contributed by atoms with Gasteiger partial charge in [-0.2, -0.15) is 0 Å². The highest BCUT2D eigenvalue weighted by atomic mass is 19.1. The van der Waals surface area contributed by atoms with Gasteiger partial charge in [-0.15, -0.1) is 0 Å². The van der Waals surface area contributed by atoms with Gasteiger partial charge >= 0.3 is 0 Å². The maximum absolute atomic E-state index is 12.9. The Morgan fingerprint density at radius 1 is 0.960 bits per heavy atom. The van der Waals surface area contributed by atoms with Gasteiger partial charge in [-0.25, -0.2) is 14.4 Å². The minimum absolute atomic E-state index is 0.269. The molecule has 0 fully saturated rings. The second kappa shape index (κ2) is 7.96. The summed E-state index contributed by atoms with van der Waals surface area (Å²) >= 11 is 0. The zero-order valence-corrected chi connectivity index (χ0v) is 13.3. The molecule has 0 aliphatic carbocycles. The predicted molar refractivity (Wildman–Crippen MR) is 91.2 cm³/mol. The molecule has 1 aromatic carbocycles. The van der Waals surface area contributed by atoms with Gasteiger partial charge in [0.15, 0.2) is 0 Å². The normalized spacial score (nSPS) is 10.3. The molecule has 2 heterocycles. The zero-order valence-electron chi connectivity index (χ0n) is 13.3. The lowest BCUT2D eigenvalue weighted by atomic mass is 10.2. The van der Waals surface area contributed by atoms with Crippen LogP contribution >= 0.6 is 0 Å². The Morgan fingerprint density at radius 2 is 1.68 bits per heavy atom. The van der Waals surface area contributed by atoms with Gasteiger partial charge in [-0.05, 0) is 35.4 Å². The first-order chi connectivity index (χ1) is 12.2. The van der Waals surface area contributed by atoms with E-state index in [4.69, 9.17) is 0 Å². The number of anilines is 1. The molecule has 0 aliphatic heterocycles. The highest BCUT2D eigenvalue weighted by Gasteiger charge is 2.08. The van der Waals surface area contributed by atoms with Crippen molar-refractivity contribution in [3.8, 4) is 0 Å². The Kier molecular flexibility index (Phi) is 5.26. The highest BCUT2D eigenvalue weighted by molar-refractivity contribution is 5.92. The van der Waals surface area contributed by atoms with Crippen LogP contribution in [0.3, 0.4) is 0 Å². The monoisotopic (exact) mass is 337 g/mol. The fraction of sp³-hybridized carbons (Fsp3) is 0.111. The first kappa shape index (κ1) is 16.5. The molecule has 2 aromatic heterocycles. The first-order valence-electron chi connectivity index (χ1n) is 7.68. The summed E-state index contributed by atoms with van der Waals surface area (Å²) in [5.41, 5.74) is 2.13. The quantitative estimate of drug-likeness (QED) is 0.723. The third-order valence-electron chi connectivity index (χ3n) is 3.49. The molecule has 2 N–H and O–H groups in total. The Bertz CT molecular complexity index is 840. The van der Waals surface area contributed by atoms with Crippen molar-refractivity contribution < 1.29 is 9.18 Å². The maximum Gasteiger partial charge on any atom is 0.270 e. The number of benzene rings is 1. The van der Waals surface area contributed by atoms with E-state index in [-0.39, 0.29) is 17.4 Å². The van der Waals surface area contributed by atoms with Crippen LogP contribution in [0.25, 0.3) is 0 Å². The van der Waals surface area contributed by atoms with Crippen molar-refractivity contribution in [3.05, 3.63) is 83.8 Å². The fourth-order valence-corrected chi connectivity index (χ4v) is 2.15. The van der Waals surface area contributed by atoms with Gasteiger partial charge in [0, 0.05) is 31.5 Å². The van der Waals surface area contributed by atoms with Crippen molar-refractivity contribution in [1.82, 2.24) is 20.3 Å². The number of nitrogens with one attached hydrogen (secondary N) is 2. The number of carbonyl (C=O) groups excluding carboxylic acids is 1. The number of nitrogens with zero attached hydrogens (tertiary/aromatic N) is 3. The number of carbonyl (C=O) groups is 1. The lowest BCUT2D eigenvalue weighted by Gasteiger charge is -2.08. The lowest BCUT2D eigenvalue weighted by molar-refractivity contribution is 0.0946. The summed E-state index contributed by atoms with van der Waals surface area (Å²) in [6.07, 6.45) is 4.67. The van der Waals surface area contributed by atoms with Gasteiger partial charge in [-0.3, -0.25) is 9.78 Å². The SMILES string of the molecule is O=C(NCc1ccncc1)c1cc(NCc2ccc(F)cc2)ncn1. The van der Waals surface area contributed by atoms with Crippen LogP contribution in [0.1, 0.15) is 21.6 Å². The second-order valence-electron chi connectivity index (χ2n) is 5.31. The summed E-state index contributed by atoms with van der Waals surface area (Å²) in [5, 5.41) is 5.88. The van der Waals surface area contributed by atoms with Crippen molar-refractivity contribution in [2.75, 3.05) is 5.32 Å². The molecule has 0 saturated carbocycles. The largest absolute Gasteiger partial charge is 0.366 e. The predicted octanol–water partition coefficient (Wildman–Crippen LogP) is 2.55. The Labute approximate surface area is 144 Å². The van der Waals surface area contributed by atoms with Crippen molar-refractivity contribution in [1.29, 1.82) is 0 Å². The Morgan fingerprint density at radius 3 is 2.44 bits per heavy atom. The van der Waals surface area contributed by atoms with Crippen LogP contribution in [0.4, 0.5) is 10.2 Å². The minimum atomic E-state index is -0.288. The van der Waals surface area contributed by atoms with Crippen molar-refractivity contribution in [3.63, 3.8) is 0 Å². The van der Waals surface area contributed by atoms with Crippen LogP contribution in [0.5, 0.6) is 0 Å². The topological polar surface area (TPSA) is 79.8 Å². The number of aromatic nitrogens is 3. The van der Waals surface area contributed by atoms with E-state index in [9.17, 15) is 9.18 Å². The molecule has 0 saturated heterocycles. The van der Waals surface area contributed by atoms with Gasteiger partial charge in [0.1, 0.15) is 23.7 Å². The van der Waals surface area contributed by atoms with Crippen LogP contribution in [0.2, 0.25) is 0 Å². The van der Waals surface area contributed by atoms with Crippen LogP contribution in [-0.4, -0.2) is 20.9 Å². The molecular weight excluding hydrogens is 321 g/mol. The first-order valence-corrected chi connectivity index (χ1v) is 7.68. The molecule has 1 amide bonds. The number of halogens is 1. The van der Waals surface area contributed by atoms with Gasteiger partial charge in [-0.1, -0.05) is 12.1 Å². The minimum Gasteiger partial charge on any atom is -0.366 e. The molecule has 0 atom stereocenters. The van der Waals surface area contributed by atoms with E-state index in [1.54, 1.807) is 30.6 Å². The van der Waals surface area contributed by atoms with Gasteiger partial charge in [0.25, 0.3) is 5.91 Å². The van der Waals surface area contributed by atoms with Gasteiger partial charge in [0.2, 0.25) is 0 Å². The molecule has 3 aromatic rings. The summed E-state index contributed by atoms with van der Waals surface area (Å²) in [6, 6.07) is 11.4. The number of pyridine rings is 1. The Hall–Kier alpha value is -3.35. The van der Waals surface area contributed by atoms with Crippen molar-refractivity contribution >= 4 is 11.7 Å². The summed E-state index contributed by atoms with van der Waals surface area (Å²) < 4.78 is 12.9. The van der Waals surface area contributed by atoms with Crippen LogP contribution in [0.15, 0.2) is 61.2 Å². The van der Waals surface area contributed by atoms with Crippen LogP contribution < -0.4 is 10.6 Å². The van der Waals surface area contributed by atoms with E-state index >= 15 is 0 Å². The molecule has 7 heteroatoms. The van der Waals surface area contributed by atoms with E-state index in [0.29, 0.717) is 18.9 Å². The molecule has 3 rings (SSSR count). The third kappa shape index (κ3) is 4.81. The molecule has 126 valence electrons. The average molecular weight is 337 g/mol. The summed E-state index contributed by atoms with van der Waals surface area (Å²) in [4.78, 5) is 24.2. The van der Waals surface area contributed by atoms with E-state index < -0.39 is 0 Å². The van der Waals surface area contributed by atoms with E-state index in [0.717, 1.165) is 11.1 Å². The summed E-state index contributed by atoms with van der Waals surface area (Å²) in [7, 11) is 0. The average Bonchev–Trinajstić information content (AvgIpc) is 2.67. The number of rotatable bonds is 6. The molecular formula is C18H16FN5O. The van der Waals surface area contributed by atoms with E-state index in [2.05, 4.69) is 25.6 Å². The van der Waals surface area contributed by atoms with E-state index in [1.807, 2.05) is 12.1 Å². The van der Waals surface area contributed by atoms with Gasteiger partial charge in [0.05, 0.1) is 0 Å². The van der Waals surface area contributed by atoms with Crippen LogP contribution in [0, 0.1) is 5.82 Å². The molecule has 0 unspecified atom stereocenters. The molecule has 0 aliphatic rings. The van der Waals surface area contributed by atoms with Crippen LogP contribution in [-0.2, 0) is 13.1 Å². The molecule has 0 bridgehead atoms. The molecule has 25 heavy (non-hydrogen) atoms. The number of hydrogen-bond acceptors (Lipinski definition) is 5. The summed E-state index contributed by atoms with van der Waals surface area (Å²) in [5.74, 6) is -0.0450. The Balaban J connectivity index is 1.58. The van der Waals surface area contributed by atoms with Crippen molar-refractivity contribution in [2.45, 2.75) is 13.1 Å². The number of hydrogen-bond donors (Lipinski definition) is 2. The molecule has 0 radical (unpaired) electrons. The fourth-order valence-electron chi connectivity index (χ4n) is 2.15. The molecule has 6 nitrogen and oxygen atoms in total. The van der Waals surface area contributed by atoms with Crippen molar-refractivity contribution in [2.24, 2.45) is 0 Å². The molecule has 0 spiro atoms. The smallest absolute Gasteiger partial charge is 0.270 e. The maximum atomic E-state index is 12.9. The highest BCUT2D eigenvalue weighted by Crippen LogP contribution is 2.08. The standard InChI is InChI=1S/C18H16FN5O/c19-15-3-1-13(2-4-15)10-21-17-9-16(23-12-24-17)18(25)22-11-14-5-7-20-8-6-14/h1-9,12H,10-11H2,(H,22,25)(H,21,23,24). The lowest BCUT2D eigenvalue weighted by Crippen LogP contribution is -2.24. The summed E-state index contributed by atoms with van der Waals surface area (Å²) in [6.45, 7) is 0.860. The third-order valence-corrected chi connectivity index (χ3v) is 3.49. The number of amides is 1.